The van der Waals surface area contributed by atoms with Crippen molar-refractivity contribution in [2.24, 2.45) is 0 Å². The second-order valence-corrected chi connectivity index (χ2v) is 5.34. The average Bonchev–Trinajstić information content (AvgIpc) is 2.56. The predicted octanol–water partition coefficient (Wildman–Crippen LogP) is 4.98. The molecule has 0 aliphatic heterocycles. The zero-order valence-electron chi connectivity index (χ0n) is 11.7. The summed E-state index contributed by atoms with van der Waals surface area (Å²) in [6.07, 6.45) is 4.69. The molecule has 1 heterocycles. The minimum atomic E-state index is 0.916. The van der Waals surface area contributed by atoms with Gasteiger partial charge in [-0.05, 0) is 45.2 Å². The molecule has 4 aromatic rings. The standard InChI is InChI=1S/C20H15N/c1-2-8-18-16(7-1)13-17(12-15-6-5-11-21-14-15)19-9-3-4-10-20(18)19/h1-11,13-14H,12H2. The molecule has 0 aliphatic carbocycles. The van der Waals surface area contributed by atoms with Crippen molar-refractivity contribution in [3.05, 3.63) is 90.3 Å². The van der Waals surface area contributed by atoms with Crippen LogP contribution in [-0.4, -0.2) is 4.98 Å². The molecule has 0 unspecified atom stereocenters. The second kappa shape index (κ2) is 5.02. The molecule has 0 aliphatic rings. The van der Waals surface area contributed by atoms with Crippen LogP contribution in [0.1, 0.15) is 11.1 Å². The van der Waals surface area contributed by atoms with E-state index >= 15 is 0 Å². The van der Waals surface area contributed by atoms with Crippen molar-refractivity contribution in [2.45, 2.75) is 6.42 Å². The molecule has 1 aromatic heterocycles. The summed E-state index contributed by atoms with van der Waals surface area (Å²) in [5.74, 6) is 0. The lowest BCUT2D eigenvalue weighted by Crippen LogP contribution is -1.91. The maximum absolute atomic E-state index is 4.22. The quantitative estimate of drug-likeness (QED) is 0.468. The first kappa shape index (κ1) is 12.1. The molecule has 0 fully saturated rings. The largest absolute Gasteiger partial charge is 0.264 e. The number of aromatic nitrogens is 1. The number of hydrogen-bond donors (Lipinski definition) is 0. The van der Waals surface area contributed by atoms with E-state index in [1.54, 1.807) is 0 Å². The summed E-state index contributed by atoms with van der Waals surface area (Å²) in [5.41, 5.74) is 2.61. The van der Waals surface area contributed by atoms with Crippen LogP contribution in [0.4, 0.5) is 0 Å². The monoisotopic (exact) mass is 269 g/mol. The van der Waals surface area contributed by atoms with Crippen molar-refractivity contribution in [3.63, 3.8) is 0 Å². The van der Waals surface area contributed by atoms with E-state index in [0.717, 1.165) is 6.42 Å². The lowest BCUT2D eigenvalue weighted by atomic mass is 9.94. The van der Waals surface area contributed by atoms with Gasteiger partial charge in [-0.3, -0.25) is 4.98 Å². The van der Waals surface area contributed by atoms with Gasteiger partial charge in [-0.1, -0.05) is 60.7 Å². The van der Waals surface area contributed by atoms with E-state index in [0.29, 0.717) is 0 Å². The molecule has 4 rings (SSSR count). The average molecular weight is 269 g/mol. The van der Waals surface area contributed by atoms with Crippen molar-refractivity contribution in [2.75, 3.05) is 0 Å². The SMILES string of the molecule is c1cncc(Cc2cc3ccccc3c3ccccc23)c1. The summed E-state index contributed by atoms with van der Waals surface area (Å²) >= 11 is 0. The Labute approximate surface area is 123 Å². The number of pyridine rings is 1. The Morgan fingerprint density at radius 2 is 1.48 bits per heavy atom. The molecule has 0 amide bonds. The zero-order chi connectivity index (χ0) is 14.1. The van der Waals surface area contributed by atoms with Crippen LogP contribution in [0.3, 0.4) is 0 Å². The molecule has 1 nitrogen and oxygen atoms in total. The van der Waals surface area contributed by atoms with Crippen LogP contribution < -0.4 is 0 Å². The number of fused-ring (bicyclic) bond motifs is 3. The molecule has 0 atom stereocenters. The van der Waals surface area contributed by atoms with Gasteiger partial charge >= 0.3 is 0 Å². The van der Waals surface area contributed by atoms with Crippen molar-refractivity contribution in [1.82, 2.24) is 4.98 Å². The van der Waals surface area contributed by atoms with Gasteiger partial charge in [0, 0.05) is 12.4 Å². The normalized spacial score (nSPS) is 11.0. The van der Waals surface area contributed by atoms with Crippen molar-refractivity contribution >= 4 is 21.5 Å². The van der Waals surface area contributed by atoms with Gasteiger partial charge in [0.05, 0.1) is 0 Å². The van der Waals surface area contributed by atoms with Crippen LogP contribution in [0, 0.1) is 0 Å². The smallest absolute Gasteiger partial charge is 0.0303 e. The molecule has 1 heteroatoms. The van der Waals surface area contributed by atoms with Crippen molar-refractivity contribution in [1.29, 1.82) is 0 Å². The predicted molar refractivity (Wildman–Crippen MR) is 88.5 cm³/mol. The van der Waals surface area contributed by atoms with E-state index in [2.05, 4.69) is 65.6 Å². The zero-order valence-corrected chi connectivity index (χ0v) is 11.7. The summed E-state index contributed by atoms with van der Waals surface area (Å²) in [5, 5.41) is 5.28. The Balaban J connectivity index is 1.98. The first-order chi connectivity index (χ1) is 10.4. The van der Waals surface area contributed by atoms with Crippen molar-refractivity contribution in [3.8, 4) is 0 Å². The molecule has 0 saturated carbocycles. The number of benzene rings is 3. The first-order valence-electron chi connectivity index (χ1n) is 7.20. The van der Waals surface area contributed by atoms with E-state index in [4.69, 9.17) is 0 Å². The molecule has 3 aromatic carbocycles. The number of rotatable bonds is 2. The summed E-state index contributed by atoms with van der Waals surface area (Å²) < 4.78 is 0. The van der Waals surface area contributed by atoms with E-state index in [1.807, 2.05) is 18.5 Å². The van der Waals surface area contributed by atoms with Crippen LogP contribution in [-0.2, 0) is 6.42 Å². The summed E-state index contributed by atoms with van der Waals surface area (Å²) in [7, 11) is 0. The Bertz CT molecular complexity index is 910. The Kier molecular flexibility index (Phi) is 2.89. The van der Waals surface area contributed by atoms with E-state index < -0.39 is 0 Å². The molecular weight excluding hydrogens is 254 g/mol. The topological polar surface area (TPSA) is 12.9 Å². The number of nitrogens with zero attached hydrogens (tertiary/aromatic N) is 1. The summed E-state index contributed by atoms with van der Waals surface area (Å²) in [6.45, 7) is 0. The van der Waals surface area contributed by atoms with Gasteiger partial charge in [0.1, 0.15) is 0 Å². The Hall–Kier alpha value is -2.67. The van der Waals surface area contributed by atoms with Gasteiger partial charge in [0.25, 0.3) is 0 Å². The highest BCUT2D eigenvalue weighted by Crippen LogP contribution is 2.29. The van der Waals surface area contributed by atoms with E-state index in [1.165, 1.54) is 32.7 Å². The Morgan fingerprint density at radius 3 is 2.29 bits per heavy atom. The van der Waals surface area contributed by atoms with Crippen LogP contribution >= 0.6 is 0 Å². The molecule has 100 valence electrons. The fourth-order valence-electron chi connectivity index (χ4n) is 3.00. The molecule has 0 saturated heterocycles. The van der Waals surface area contributed by atoms with Crippen LogP contribution in [0.15, 0.2) is 79.1 Å². The highest BCUT2D eigenvalue weighted by atomic mass is 14.6. The maximum Gasteiger partial charge on any atom is 0.0303 e. The fraction of sp³-hybridized carbons (Fsp3) is 0.0500. The molecule has 0 radical (unpaired) electrons. The van der Waals surface area contributed by atoms with Gasteiger partial charge in [0.15, 0.2) is 0 Å². The minimum Gasteiger partial charge on any atom is -0.264 e. The van der Waals surface area contributed by atoms with Crippen LogP contribution in [0.25, 0.3) is 21.5 Å². The van der Waals surface area contributed by atoms with Gasteiger partial charge in [-0.15, -0.1) is 0 Å². The Morgan fingerprint density at radius 1 is 0.714 bits per heavy atom. The fourth-order valence-corrected chi connectivity index (χ4v) is 3.00. The third-order valence-corrected chi connectivity index (χ3v) is 3.97. The number of hydrogen-bond acceptors (Lipinski definition) is 1. The minimum absolute atomic E-state index is 0.916. The van der Waals surface area contributed by atoms with Gasteiger partial charge in [-0.2, -0.15) is 0 Å². The molecule has 0 N–H and O–H groups in total. The lowest BCUT2D eigenvalue weighted by Gasteiger charge is -2.10. The molecule has 0 bridgehead atoms. The lowest BCUT2D eigenvalue weighted by molar-refractivity contribution is 1.16. The molecule has 21 heavy (non-hydrogen) atoms. The summed E-state index contributed by atoms with van der Waals surface area (Å²) in [6, 6.07) is 23.7. The first-order valence-corrected chi connectivity index (χ1v) is 7.20. The van der Waals surface area contributed by atoms with E-state index in [-0.39, 0.29) is 0 Å². The summed E-state index contributed by atoms with van der Waals surface area (Å²) in [4.78, 5) is 4.22. The van der Waals surface area contributed by atoms with Gasteiger partial charge in [0.2, 0.25) is 0 Å². The van der Waals surface area contributed by atoms with Gasteiger partial charge < -0.3 is 0 Å². The van der Waals surface area contributed by atoms with Crippen LogP contribution in [0.2, 0.25) is 0 Å². The maximum atomic E-state index is 4.22. The van der Waals surface area contributed by atoms with Crippen LogP contribution in [0.5, 0.6) is 0 Å². The third kappa shape index (κ3) is 2.17. The van der Waals surface area contributed by atoms with Crippen molar-refractivity contribution < 1.29 is 0 Å². The van der Waals surface area contributed by atoms with Gasteiger partial charge in [-0.25, -0.2) is 0 Å². The second-order valence-electron chi connectivity index (χ2n) is 5.34. The molecule has 0 spiro atoms. The highest BCUT2D eigenvalue weighted by Gasteiger charge is 2.06. The highest BCUT2D eigenvalue weighted by molar-refractivity contribution is 6.09. The third-order valence-electron chi connectivity index (χ3n) is 3.97. The molecular formula is C20H15N. The van der Waals surface area contributed by atoms with E-state index in [9.17, 15) is 0 Å².